The number of hydrogen-bond acceptors (Lipinski definition) is 5. The summed E-state index contributed by atoms with van der Waals surface area (Å²) in [6, 6.07) is 3.80. The zero-order valence-corrected chi connectivity index (χ0v) is 13.7. The van der Waals surface area contributed by atoms with Gasteiger partial charge in [-0.05, 0) is 52.7 Å². The molecule has 0 radical (unpaired) electrons. The van der Waals surface area contributed by atoms with E-state index in [1.165, 1.54) is 7.11 Å². The number of ether oxygens (including phenoxy) is 2. The first-order valence-corrected chi connectivity index (χ1v) is 8.00. The van der Waals surface area contributed by atoms with Crippen LogP contribution in [0.15, 0.2) is 16.7 Å². The Bertz CT molecular complexity index is 534. The Hall–Kier alpha value is -1.14. The number of methoxy groups -OCH3 is 1. The minimum Gasteiger partial charge on any atom is -0.464 e. The smallest absolute Gasteiger partial charge is 0.358 e. The molecule has 2 aliphatic heterocycles. The van der Waals surface area contributed by atoms with Gasteiger partial charge in [0.05, 0.1) is 19.4 Å². The molecule has 3 heterocycles. The van der Waals surface area contributed by atoms with Gasteiger partial charge in [0.2, 0.25) is 0 Å². The Morgan fingerprint density at radius 3 is 2.76 bits per heavy atom. The van der Waals surface area contributed by atoms with E-state index in [9.17, 15) is 4.79 Å². The molecule has 3 rings (SSSR count). The highest BCUT2D eigenvalue weighted by Crippen LogP contribution is 2.40. The molecule has 6 heteroatoms. The van der Waals surface area contributed by atoms with Crippen molar-refractivity contribution >= 4 is 27.6 Å². The van der Waals surface area contributed by atoms with Crippen molar-refractivity contribution in [2.45, 2.75) is 19.3 Å². The van der Waals surface area contributed by atoms with Crippen molar-refractivity contribution in [2.75, 3.05) is 38.3 Å². The summed E-state index contributed by atoms with van der Waals surface area (Å²) in [6.45, 7) is 3.61. The fourth-order valence-corrected chi connectivity index (χ4v) is 3.51. The summed E-state index contributed by atoms with van der Waals surface area (Å²) in [5.41, 5.74) is 1.59. The maximum atomic E-state index is 11.9. The van der Waals surface area contributed by atoms with E-state index in [1.807, 2.05) is 12.1 Å². The van der Waals surface area contributed by atoms with Crippen LogP contribution in [0, 0.1) is 5.41 Å². The average Bonchev–Trinajstić information content (AvgIpc) is 2.96. The molecular formula is C15H19BrN2O3. The third kappa shape index (κ3) is 2.92. The van der Waals surface area contributed by atoms with Crippen LogP contribution in [0.5, 0.6) is 0 Å². The first-order valence-electron chi connectivity index (χ1n) is 7.21. The largest absolute Gasteiger partial charge is 0.464 e. The van der Waals surface area contributed by atoms with Gasteiger partial charge in [-0.25, -0.2) is 9.78 Å². The number of carbonyl (C=O) groups is 1. The highest BCUT2D eigenvalue weighted by molar-refractivity contribution is 9.10. The van der Waals surface area contributed by atoms with Gasteiger partial charge in [0.25, 0.3) is 0 Å². The lowest BCUT2D eigenvalue weighted by atomic mass is 9.78. The maximum Gasteiger partial charge on any atom is 0.358 e. The van der Waals surface area contributed by atoms with Crippen LogP contribution >= 0.6 is 15.9 Å². The van der Waals surface area contributed by atoms with Crippen LogP contribution in [-0.4, -0.2) is 44.4 Å². The van der Waals surface area contributed by atoms with Gasteiger partial charge in [0.1, 0.15) is 4.60 Å². The molecule has 0 atom stereocenters. The van der Waals surface area contributed by atoms with Crippen molar-refractivity contribution in [3.8, 4) is 0 Å². The third-order valence-electron chi connectivity index (χ3n) is 4.57. The van der Waals surface area contributed by atoms with Crippen LogP contribution < -0.4 is 4.90 Å². The lowest BCUT2D eigenvalue weighted by Gasteiger charge is -2.39. The predicted octanol–water partition coefficient (Wildman–Crippen LogP) is 2.64. The fourth-order valence-electron chi connectivity index (χ4n) is 3.20. The van der Waals surface area contributed by atoms with Crippen molar-refractivity contribution < 1.29 is 14.3 Å². The minimum absolute atomic E-state index is 0.352. The van der Waals surface area contributed by atoms with Crippen molar-refractivity contribution in [1.82, 2.24) is 4.98 Å². The second kappa shape index (κ2) is 5.93. The number of piperidine rings is 1. The molecule has 5 nitrogen and oxygen atoms in total. The molecule has 1 aromatic rings. The van der Waals surface area contributed by atoms with E-state index in [1.54, 1.807) is 0 Å². The van der Waals surface area contributed by atoms with Crippen LogP contribution in [-0.2, 0) is 9.47 Å². The Morgan fingerprint density at radius 1 is 1.38 bits per heavy atom. The summed E-state index contributed by atoms with van der Waals surface area (Å²) in [7, 11) is 1.38. The SMILES string of the molecule is COC(=O)c1nc(Br)ccc1N1CCC2(CCOC2)CC1. The van der Waals surface area contributed by atoms with Gasteiger partial charge in [-0.3, -0.25) is 0 Å². The molecule has 0 aliphatic carbocycles. The number of carbonyl (C=O) groups excluding carboxylic acids is 1. The van der Waals surface area contributed by atoms with Crippen LogP contribution in [0.25, 0.3) is 0 Å². The van der Waals surface area contributed by atoms with Crippen LogP contribution in [0.3, 0.4) is 0 Å². The van der Waals surface area contributed by atoms with E-state index in [2.05, 4.69) is 25.8 Å². The number of rotatable bonds is 2. The molecule has 0 saturated carbocycles. The summed E-state index contributed by atoms with van der Waals surface area (Å²) >= 11 is 3.31. The second-order valence-corrected chi connectivity index (χ2v) is 6.60. The fraction of sp³-hybridized carbons (Fsp3) is 0.600. The second-order valence-electron chi connectivity index (χ2n) is 5.78. The number of nitrogens with zero attached hydrogens (tertiary/aromatic N) is 2. The molecule has 2 saturated heterocycles. The zero-order chi connectivity index (χ0) is 14.9. The van der Waals surface area contributed by atoms with Crippen LogP contribution in [0.2, 0.25) is 0 Å². The van der Waals surface area contributed by atoms with Crippen LogP contribution in [0.1, 0.15) is 29.8 Å². The number of esters is 1. The monoisotopic (exact) mass is 354 g/mol. The number of aromatic nitrogens is 1. The Balaban J connectivity index is 1.80. The first-order chi connectivity index (χ1) is 10.1. The number of pyridine rings is 1. The molecule has 0 aromatic carbocycles. The van der Waals surface area contributed by atoms with E-state index in [0.29, 0.717) is 15.7 Å². The van der Waals surface area contributed by atoms with Gasteiger partial charge in [-0.1, -0.05) is 0 Å². The van der Waals surface area contributed by atoms with Gasteiger partial charge in [0, 0.05) is 19.7 Å². The quantitative estimate of drug-likeness (QED) is 0.603. The van der Waals surface area contributed by atoms with Gasteiger partial charge >= 0.3 is 5.97 Å². The highest BCUT2D eigenvalue weighted by atomic mass is 79.9. The van der Waals surface area contributed by atoms with Crippen molar-refractivity contribution in [1.29, 1.82) is 0 Å². The summed E-state index contributed by atoms with van der Waals surface area (Å²) in [5, 5.41) is 0. The molecule has 2 fully saturated rings. The van der Waals surface area contributed by atoms with E-state index in [0.717, 1.165) is 51.3 Å². The van der Waals surface area contributed by atoms with Crippen molar-refractivity contribution in [3.63, 3.8) is 0 Å². The van der Waals surface area contributed by atoms with E-state index in [4.69, 9.17) is 9.47 Å². The topological polar surface area (TPSA) is 51.7 Å². The van der Waals surface area contributed by atoms with Crippen molar-refractivity contribution in [2.24, 2.45) is 5.41 Å². The number of hydrogen-bond donors (Lipinski definition) is 0. The van der Waals surface area contributed by atoms with Crippen LogP contribution in [0.4, 0.5) is 5.69 Å². The number of anilines is 1. The molecule has 0 amide bonds. The van der Waals surface area contributed by atoms with Gasteiger partial charge < -0.3 is 14.4 Å². The van der Waals surface area contributed by atoms with E-state index in [-0.39, 0.29) is 0 Å². The molecule has 0 bridgehead atoms. The summed E-state index contributed by atoms with van der Waals surface area (Å²) in [6.07, 6.45) is 3.36. The average molecular weight is 355 g/mol. The molecule has 0 unspecified atom stereocenters. The van der Waals surface area contributed by atoms with Gasteiger partial charge in [-0.2, -0.15) is 0 Å². The lowest BCUT2D eigenvalue weighted by Crippen LogP contribution is -2.41. The first kappa shape index (κ1) is 14.8. The lowest BCUT2D eigenvalue weighted by molar-refractivity contribution is 0.0594. The van der Waals surface area contributed by atoms with E-state index >= 15 is 0 Å². The molecule has 1 aromatic heterocycles. The molecule has 114 valence electrons. The Kier molecular flexibility index (Phi) is 4.17. The molecule has 0 N–H and O–H groups in total. The minimum atomic E-state index is -0.393. The highest BCUT2D eigenvalue weighted by Gasteiger charge is 2.38. The Labute approximate surface area is 132 Å². The summed E-state index contributed by atoms with van der Waals surface area (Å²) in [5.74, 6) is -0.393. The summed E-state index contributed by atoms with van der Waals surface area (Å²) in [4.78, 5) is 18.4. The van der Waals surface area contributed by atoms with Crippen molar-refractivity contribution in [3.05, 3.63) is 22.4 Å². The van der Waals surface area contributed by atoms with Gasteiger partial charge in [-0.15, -0.1) is 0 Å². The standard InChI is InChI=1S/C15H19BrN2O3/c1-20-14(19)13-11(2-3-12(16)17-13)18-7-4-15(5-8-18)6-9-21-10-15/h2-3H,4-10H2,1H3. The number of halogens is 1. The summed E-state index contributed by atoms with van der Waals surface area (Å²) < 4.78 is 11.1. The predicted molar refractivity (Wildman–Crippen MR) is 82.6 cm³/mol. The zero-order valence-electron chi connectivity index (χ0n) is 12.1. The molecule has 2 aliphatic rings. The molecule has 1 spiro atoms. The van der Waals surface area contributed by atoms with E-state index < -0.39 is 5.97 Å². The molecule has 21 heavy (non-hydrogen) atoms. The third-order valence-corrected chi connectivity index (χ3v) is 5.01. The normalized spacial score (nSPS) is 20.8. The van der Waals surface area contributed by atoms with Gasteiger partial charge in [0.15, 0.2) is 5.69 Å². The Morgan fingerprint density at radius 2 is 2.14 bits per heavy atom. The molecular weight excluding hydrogens is 336 g/mol. The maximum absolute atomic E-state index is 11.9.